The first kappa shape index (κ1) is 20.3. The van der Waals surface area contributed by atoms with Crippen LogP contribution in [0.25, 0.3) is 0 Å². The van der Waals surface area contributed by atoms with Gasteiger partial charge < -0.3 is 0 Å². The molecule has 0 aliphatic carbocycles. The smallest absolute Gasteiger partial charge is 0.277 e. The average Bonchev–Trinajstić information content (AvgIpc) is 3.15. The highest BCUT2D eigenvalue weighted by Gasteiger charge is 2.30. The molecule has 1 amide bonds. The molecule has 0 unspecified atom stereocenters. The number of carbonyl (C=O) groups excluding carboxylic acids is 2. The quantitative estimate of drug-likeness (QED) is 0.599. The maximum Gasteiger partial charge on any atom is 0.277 e. The predicted molar refractivity (Wildman–Crippen MR) is 110 cm³/mol. The van der Waals surface area contributed by atoms with Crippen molar-refractivity contribution in [2.45, 2.75) is 24.8 Å². The van der Waals surface area contributed by atoms with E-state index in [0.717, 1.165) is 10.6 Å². The first-order valence-electron chi connectivity index (χ1n) is 9.01. The number of carbonyl (C=O) groups is 2. The van der Waals surface area contributed by atoms with Crippen LogP contribution in [-0.4, -0.2) is 45.9 Å². The zero-order valence-corrected chi connectivity index (χ0v) is 17.5. The minimum absolute atomic E-state index is 0.123. The molecular weight excluding hydrogens is 426 g/mol. The summed E-state index contributed by atoms with van der Waals surface area (Å²) in [6.07, 6.45) is 4.70. The number of nitrogens with zero attached hydrogens (tertiary/aromatic N) is 4. The molecule has 3 aromatic rings. The summed E-state index contributed by atoms with van der Waals surface area (Å²) in [4.78, 5) is 36.8. The van der Waals surface area contributed by atoms with Crippen molar-refractivity contribution in [1.29, 1.82) is 0 Å². The number of amides is 1. The zero-order chi connectivity index (χ0) is 21.3. The van der Waals surface area contributed by atoms with Gasteiger partial charge in [0.1, 0.15) is 5.69 Å². The Balaban J connectivity index is 1.51. The van der Waals surface area contributed by atoms with E-state index < -0.39 is 15.9 Å². The maximum atomic E-state index is 13.0. The van der Waals surface area contributed by atoms with Crippen LogP contribution >= 0.6 is 11.3 Å². The Morgan fingerprint density at radius 2 is 1.93 bits per heavy atom. The molecule has 0 radical (unpaired) electrons. The molecule has 0 fully saturated rings. The van der Waals surface area contributed by atoms with Gasteiger partial charge in [-0.3, -0.25) is 19.9 Å². The van der Waals surface area contributed by atoms with Gasteiger partial charge in [-0.1, -0.05) is 12.1 Å². The van der Waals surface area contributed by atoms with Gasteiger partial charge in [0, 0.05) is 35.8 Å². The van der Waals surface area contributed by atoms with Crippen LogP contribution in [0.5, 0.6) is 0 Å². The van der Waals surface area contributed by atoms with Gasteiger partial charge in [0.05, 0.1) is 23.3 Å². The summed E-state index contributed by atoms with van der Waals surface area (Å²) in [5.74, 6) is -0.550. The monoisotopic (exact) mass is 443 g/mol. The summed E-state index contributed by atoms with van der Waals surface area (Å²) in [5, 5.41) is 3.07. The molecule has 4 rings (SSSR count). The number of thiazole rings is 1. The SMILES string of the molecule is CC(=O)c1ccc(S(=O)(=O)N2CCc3nc(NC(=O)c4cnccn4)sc3C2)cc1. The van der Waals surface area contributed by atoms with E-state index in [0.29, 0.717) is 17.1 Å². The van der Waals surface area contributed by atoms with Crippen molar-refractivity contribution >= 4 is 38.2 Å². The summed E-state index contributed by atoms with van der Waals surface area (Å²) in [6, 6.07) is 5.91. The lowest BCUT2D eigenvalue weighted by Crippen LogP contribution is -2.35. The Bertz CT molecular complexity index is 1210. The van der Waals surface area contributed by atoms with E-state index in [4.69, 9.17) is 0 Å². The number of benzene rings is 1. The van der Waals surface area contributed by atoms with Crippen molar-refractivity contribution in [1.82, 2.24) is 19.3 Å². The molecule has 0 bridgehead atoms. The summed E-state index contributed by atoms with van der Waals surface area (Å²) >= 11 is 1.24. The van der Waals surface area contributed by atoms with Crippen molar-refractivity contribution in [2.24, 2.45) is 0 Å². The Kier molecular flexibility index (Phi) is 5.41. The van der Waals surface area contributed by atoms with Crippen LogP contribution in [0, 0.1) is 0 Å². The molecule has 1 aliphatic rings. The van der Waals surface area contributed by atoms with Crippen LogP contribution in [0.2, 0.25) is 0 Å². The van der Waals surface area contributed by atoms with Crippen LogP contribution in [0.15, 0.2) is 47.8 Å². The van der Waals surface area contributed by atoms with Crippen molar-refractivity contribution in [2.75, 3.05) is 11.9 Å². The largest absolute Gasteiger partial charge is 0.296 e. The van der Waals surface area contributed by atoms with Crippen LogP contribution in [-0.2, 0) is 23.0 Å². The van der Waals surface area contributed by atoms with Crippen molar-refractivity contribution in [3.63, 3.8) is 0 Å². The highest BCUT2D eigenvalue weighted by Crippen LogP contribution is 2.31. The van der Waals surface area contributed by atoms with Crippen LogP contribution in [0.3, 0.4) is 0 Å². The third-order valence-electron chi connectivity index (χ3n) is 4.61. The Morgan fingerprint density at radius 3 is 2.60 bits per heavy atom. The molecule has 3 heterocycles. The third kappa shape index (κ3) is 3.99. The molecule has 2 aromatic heterocycles. The first-order valence-corrected chi connectivity index (χ1v) is 11.3. The Labute approximate surface area is 176 Å². The van der Waals surface area contributed by atoms with E-state index in [1.807, 2.05) is 0 Å². The fourth-order valence-corrected chi connectivity index (χ4v) is 5.53. The molecule has 154 valence electrons. The van der Waals surface area contributed by atoms with Crippen LogP contribution in [0.1, 0.15) is 38.3 Å². The lowest BCUT2D eigenvalue weighted by Gasteiger charge is -2.25. The van der Waals surface area contributed by atoms with Gasteiger partial charge >= 0.3 is 0 Å². The first-order chi connectivity index (χ1) is 14.3. The Morgan fingerprint density at radius 1 is 1.17 bits per heavy atom. The van der Waals surface area contributed by atoms with Gasteiger partial charge in [-0.2, -0.15) is 4.31 Å². The number of ketones is 1. The van der Waals surface area contributed by atoms with Crippen molar-refractivity contribution < 1.29 is 18.0 Å². The molecule has 0 atom stereocenters. The van der Waals surface area contributed by atoms with Gasteiger partial charge in [-0.25, -0.2) is 18.4 Å². The number of nitrogens with one attached hydrogen (secondary N) is 1. The molecule has 0 spiro atoms. The number of aromatic nitrogens is 3. The average molecular weight is 444 g/mol. The number of fused-ring (bicyclic) bond motifs is 1. The van der Waals surface area contributed by atoms with Gasteiger partial charge in [0.2, 0.25) is 10.0 Å². The second-order valence-electron chi connectivity index (χ2n) is 6.60. The highest BCUT2D eigenvalue weighted by molar-refractivity contribution is 7.89. The standard InChI is InChI=1S/C19H17N5O4S2/c1-12(25)13-2-4-14(5-3-13)30(27,28)24-9-6-15-17(11-24)29-19(22-15)23-18(26)16-10-20-7-8-21-16/h2-5,7-8,10H,6,9,11H2,1H3,(H,22,23,26). The summed E-state index contributed by atoms with van der Waals surface area (Å²) < 4.78 is 27.4. The predicted octanol–water partition coefficient (Wildman–Crippen LogP) is 2.13. The van der Waals surface area contributed by atoms with E-state index in [1.165, 1.54) is 65.4 Å². The van der Waals surface area contributed by atoms with Gasteiger partial charge in [0.15, 0.2) is 10.9 Å². The molecule has 11 heteroatoms. The normalized spacial score (nSPS) is 14.2. The van der Waals surface area contributed by atoms with E-state index in [1.54, 1.807) is 0 Å². The van der Waals surface area contributed by atoms with E-state index in [9.17, 15) is 18.0 Å². The van der Waals surface area contributed by atoms with Crippen molar-refractivity contribution in [3.05, 3.63) is 64.7 Å². The minimum atomic E-state index is -3.71. The molecule has 0 saturated carbocycles. The number of Topliss-reactive ketones (excluding diaryl/α,β-unsaturated/α-hetero) is 1. The molecular formula is C19H17N5O4S2. The molecule has 1 aromatic carbocycles. The number of hydrogen-bond acceptors (Lipinski definition) is 8. The Hall–Kier alpha value is -3.02. The van der Waals surface area contributed by atoms with Gasteiger partial charge in [0.25, 0.3) is 5.91 Å². The second-order valence-corrected chi connectivity index (χ2v) is 9.62. The molecule has 9 nitrogen and oxygen atoms in total. The highest BCUT2D eigenvalue weighted by atomic mass is 32.2. The van der Waals surface area contributed by atoms with Gasteiger partial charge in [-0.05, 0) is 19.1 Å². The maximum absolute atomic E-state index is 13.0. The van der Waals surface area contributed by atoms with Crippen molar-refractivity contribution in [3.8, 4) is 0 Å². The lowest BCUT2D eigenvalue weighted by atomic mass is 10.2. The zero-order valence-electron chi connectivity index (χ0n) is 15.9. The number of hydrogen-bond donors (Lipinski definition) is 1. The molecule has 1 aliphatic heterocycles. The minimum Gasteiger partial charge on any atom is -0.296 e. The molecule has 1 N–H and O–H groups in total. The topological polar surface area (TPSA) is 122 Å². The number of sulfonamides is 1. The summed E-state index contributed by atoms with van der Waals surface area (Å²) in [5.41, 5.74) is 1.40. The van der Waals surface area contributed by atoms with E-state index in [2.05, 4.69) is 20.3 Å². The number of rotatable bonds is 5. The van der Waals surface area contributed by atoms with E-state index in [-0.39, 0.29) is 29.5 Å². The van der Waals surface area contributed by atoms with Crippen LogP contribution in [0.4, 0.5) is 5.13 Å². The van der Waals surface area contributed by atoms with Gasteiger partial charge in [-0.15, -0.1) is 11.3 Å². The third-order valence-corrected chi connectivity index (χ3v) is 7.47. The molecule has 30 heavy (non-hydrogen) atoms. The lowest BCUT2D eigenvalue weighted by molar-refractivity contribution is 0.101. The summed E-state index contributed by atoms with van der Waals surface area (Å²) in [7, 11) is -3.71. The van der Waals surface area contributed by atoms with E-state index >= 15 is 0 Å². The summed E-state index contributed by atoms with van der Waals surface area (Å²) in [6.45, 7) is 1.88. The fraction of sp³-hybridized carbons (Fsp3) is 0.211. The van der Waals surface area contributed by atoms with Crippen LogP contribution < -0.4 is 5.32 Å². The number of anilines is 1. The fourth-order valence-electron chi connectivity index (χ4n) is 3.02. The second kappa shape index (κ2) is 8.01. The molecule has 0 saturated heterocycles.